The number of amides is 2. The maximum atomic E-state index is 13.5. The van der Waals surface area contributed by atoms with Gasteiger partial charge < -0.3 is 34.9 Å². The van der Waals surface area contributed by atoms with Gasteiger partial charge in [0.25, 0.3) is 5.91 Å². The van der Waals surface area contributed by atoms with E-state index in [0.717, 1.165) is 0 Å². The third kappa shape index (κ3) is 8.11. The minimum absolute atomic E-state index is 0.0102. The highest BCUT2D eigenvalue weighted by Gasteiger charge is 2.31. The van der Waals surface area contributed by atoms with Crippen molar-refractivity contribution in [3.8, 4) is 11.4 Å². The van der Waals surface area contributed by atoms with E-state index in [1.807, 2.05) is 35.2 Å². The van der Waals surface area contributed by atoms with E-state index in [4.69, 9.17) is 9.57 Å². The Kier molecular flexibility index (Phi) is 10.0. The summed E-state index contributed by atoms with van der Waals surface area (Å²) in [7, 11) is 0. The third-order valence-electron chi connectivity index (χ3n) is 6.73. The summed E-state index contributed by atoms with van der Waals surface area (Å²) in [5.74, 6) is -1.44. The van der Waals surface area contributed by atoms with Crippen LogP contribution in [0.15, 0.2) is 36.4 Å². The van der Waals surface area contributed by atoms with Gasteiger partial charge >= 0.3 is 12.1 Å². The molecule has 14 heteroatoms. The monoisotopic (exact) mass is 570 g/mol. The molecule has 1 aromatic heterocycles. The first-order chi connectivity index (χ1) is 19.7. The summed E-state index contributed by atoms with van der Waals surface area (Å²) < 4.78 is 4.77. The first kappa shape index (κ1) is 29.7. The molecule has 0 unspecified atom stereocenters. The van der Waals surface area contributed by atoms with Crippen LogP contribution in [0.1, 0.15) is 36.7 Å². The van der Waals surface area contributed by atoms with Crippen LogP contribution in [0.5, 0.6) is 0 Å². The molecule has 3 N–H and O–H groups in total. The van der Waals surface area contributed by atoms with Gasteiger partial charge in [-0.1, -0.05) is 30.3 Å². The van der Waals surface area contributed by atoms with Gasteiger partial charge in [-0.15, -0.1) is 5.06 Å². The number of hydrogen-bond acceptors (Lipinski definition) is 11. The molecule has 2 atom stereocenters. The van der Waals surface area contributed by atoms with Crippen LogP contribution < -0.4 is 10.2 Å². The largest absolute Gasteiger partial charge is 0.527 e. The number of aliphatic hydroxyl groups is 1. The quantitative estimate of drug-likeness (QED) is 0.345. The molecular formula is C27H34N6O8. The van der Waals surface area contributed by atoms with E-state index in [1.54, 1.807) is 6.92 Å². The summed E-state index contributed by atoms with van der Waals surface area (Å²) in [6.07, 6.45) is -1.24. The van der Waals surface area contributed by atoms with Crippen molar-refractivity contribution in [2.45, 2.75) is 38.3 Å². The second kappa shape index (κ2) is 13.9. The lowest BCUT2D eigenvalue weighted by Crippen LogP contribution is -2.55. The number of piperazine rings is 1. The minimum atomic E-state index is -1.12. The van der Waals surface area contributed by atoms with E-state index in [0.29, 0.717) is 36.7 Å². The van der Waals surface area contributed by atoms with Crippen molar-refractivity contribution in [3.05, 3.63) is 42.1 Å². The molecule has 2 saturated heterocycles. The Hall–Kier alpha value is -4.30. The highest BCUT2D eigenvalue weighted by atomic mass is 16.8. The number of aliphatic carboxylic acids is 1. The number of carbonyl (C=O) groups is 4. The van der Waals surface area contributed by atoms with Crippen LogP contribution in [0.25, 0.3) is 11.4 Å². The van der Waals surface area contributed by atoms with Crippen molar-refractivity contribution in [2.24, 2.45) is 0 Å². The summed E-state index contributed by atoms with van der Waals surface area (Å²) in [5.41, 5.74) is 0.695. The number of benzene rings is 1. The van der Waals surface area contributed by atoms with Gasteiger partial charge in [0.05, 0.1) is 25.8 Å². The Bertz CT molecular complexity index is 1240. The van der Waals surface area contributed by atoms with Gasteiger partial charge in [-0.25, -0.2) is 14.8 Å². The molecule has 2 fully saturated rings. The third-order valence-corrected chi connectivity index (χ3v) is 6.73. The second-order valence-electron chi connectivity index (χ2n) is 9.68. The molecule has 2 aromatic rings. The predicted molar refractivity (Wildman–Crippen MR) is 145 cm³/mol. The summed E-state index contributed by atoms with van der Waals surface area (Å²) in [6.45, 7) is 3.59. The lowest BCUT2D eigenvalue weighted by atomic mass is 10.1. The normalized spacial score (nSPS) is 18.0. The average molecular weight is 571 g/mol. The Morgan fingerprint density at radius 1 is 1.07 bits per heavy atom. The summed E-state index contributed by atoms with van der Waals surface area (Å²) in [4.78, 5) is 67.3. The van der Waals surface area contributed by atoms with Crippen molar-refractivity contribution in [3.63, 3.8) is 0 Å². The highest BCUT2D eigenvalue weighted by molar-refractivity contribution is 5.97. The number of carboxylic acids is 1. The number of carbonyl (C=O) groups excluding carboxylic acids is 3. The van der Waals surface area contributed by atoms with Crippen LogP contribution in [0.3, 0.4) is 0 Å². The number of nitrogens with one attached hydrogen (secondary N) is 1. The van der Waals surface area contributed by atoms with Crippen LogP contribution in [-0.2, 0) is 19.2 Å². The van der Waals surface area contributed by atoms with E-state index in [-0.39, 0.29) is 51.3 Å². The maximum Gasteiger partial charge on any atom is 0.527 e. The standard InChI is InChI=1S/C27H34N6O8/c1-2-40-27(39)41-33-14-12-31(13-15-33)26(38)20(8-9-23(35)36)29-25(37)21-16-22(32-11-10-19(34)17-32)30-24(28-21)18-6-4-3-5-7-18/h3-7,16,19-20,34H,2,8-15,17H2,1H3,(H,29,37)(H,35,36)/t19-,20-/m0/s1. The van der Waals surface area contributed by atoms with Crippen molar-refractivity contribution in [1.82, 2.24) is 25.2 Å². The zero-order chi connectivity index (χ0) is 29.4. The fourth-order valence-corrected chi connectivity index (χ4v) is 4.61. The zero-order valence-corrected chi connectivity index (χ0v) is 22.8. The molecule has 1 aromatic carbocycles. The molecule has 0 spiro atoms. The molecular weight excluding hydrogens is 536 g/mol. The number of ether oxygens (including phenoxy) is 1. The first-order valence-corrected chi connectivity index (χ1v) is 13.5. The number of β-amino-alcohol motifs (C(OH)–C–C–N with tert-alkyl or cyclic N) is 1. The molecule has 0 saturated carbocycles. The highest BCUT2D eigenvalue weighted by Crippen LogP contribution is 2.23. The molecule has 3 heterocycles. The summed E-state index contributed by atoms with van der Waals surface area (Å²) in [6, 6.07) is 9.49. The smallest absolute Gasteiger partial charge is 0.481 e. The van der Waals surface area contributed by atoms with Crippen molar-refractivity contribution < 1.29 is 39.0 Å². The lowest BCUT2D eigenvalue weighted by Gasteiger charge is -2.35. The molecule has 2 aliphatic rings. The maximum absolute atomic E-state index is 13.5. The molecule has 2 aliphatic heterocycles. The van der Waals surface area contributed by atoms with Crippen LogP contribution in [0.4, 0.5) is 10.6 Å². The van der Waals surface area contributed by atoms with Gasteiger partial charge in [0.2, 0.25) is 5.91 Å². The van der Waals surface area contributed by atoms with Crippen molar-refractivity contribution in [1.29, 1.82) is 0 Å². The molecule has 41 heavy (non-hydrogen) atoms. The fourth-order valence-electron chi connectivity index (χ4n) is 4.61. The van der Waals surface area contributed by atoms with E-state index in [9.17, 15) is 29.4 Å². The zero-order valence-electron chi connectivity index (χ0n) is 22.8. The molecule has 220 valence electrons. The topological polar surface area (TPSA) is 175 Å². The van der Waals surface area contributed by atoms with Gasteiger partial charge in [0.1, 0.15) is 17.6 Å². The Balaban J connectivity index is 1.51. The molecule has 0 radical (unpaired) electrons. The van der Waals surface area contributed by atoms with E-state index >= 15 is 0 Å². The van der Waals surface area contributed by atoms with Gasteiger partial charge in [0.15, 0.2) is 5.82 Å². The van der Waals surface area contributed by atoms with Crippen LogP contribution >= 0.6 is 0 Å². The van der Waals surface area contributed by atoms with Gasteiger partial charge in [-0.05, 0) is 19.8 Å². The van der Waals surface area contributed by atoms with E-state index < -0.39 is 36.1 Å². The first-order valence-electron chi connectivity index (χ1n) is 13.5. The SMILES string of the molecule is CCOC(=O)ON1CCN(C(=O)[C@H](CCC(=O)O)NC(=O)c2cc(N3CC[C@H](O)C3)nc(-c3ccccc3)n2)CC1. The van der Waals surface area contributed by atoms with Crippen molar-refractivity contribution >= 4 is 29.8 Å². The van der Waals surface area contributed by atoms with Gasteiger partial charge in [-0.3, -0.25) is 14.4 Å². The summed E-state index contributed by atoms with van der Waals surface area (Å²) in [5, 5.41) is 23.4. The number of hydroxylamine groups is 2. The van der Waals surface area contributed by atoms with Crippen molar-refractivity contribution in [2.75, 3.05) is 50.8 Å². The molecule has 2 amide bonds. The Morgan fingerprint density at radius 3 is 2.44 bits per heavy atom. The Morgan fingerprint density at radius 2 is 1.80 bits per heavy atom. The predicted octanol–water partition coefficient (Wildman–Crippen LogP) is 0.910. The van der Waals surface area contributed by atoms with Crippen LogP contribution in [0.2, 0.25) is 0 Å². The Labute approximate surface area is 236 Å². The molecule has 4 rings (SSSR count). The molecule has 0 aliphatic carbocycles. The fraction of sp³-hybridized carbons (Fsp3) is 0.481. The summed E-state index contributed by atoms with van der Waals surface area (Å²) >= 11 is 0. The number of anilines is 1. The van der Waals surface area contributed by atoms with Gasteiger partial charge in [0, 0.05) is 44.2 Å². The number of hydrogen-bond donors (Lipinski definition) is 3. The van der Waals surface area contributed by atoms with Gasteiger partial charge in [-0.2, -0.15) is 0 Å². The number of nitrogens with zero attached hydrogens (tertiary/aromatic N) is 5. The number of aromatic nitrogens is 2. The minimum Gasteiger partial charge on any atom is -0.481 e. The molecule has 14 nitrogen and oxygen atoms in total. The lowest BCUT2D eigenvalue weighted by molar-refractivity contribution is -0.157. The average Bonchev–Trinajstić information content (AvgIpc) is 3.41. The second-order valence-corrected chi connectivity index (χ2v) is 9.68. The number of aliphatic hydroxyl groups excluding tert-OH is 1. The van der Waals surface area contributed by atoms with Crippen LogP contribution in [-0.4, -0.2) is 112 Å². The number of carboxylic acid groups (broad SMARTS) is 1. The van der Waals surface area contributed by atoms with E-state index in [1.165, 1.54) is 16.0 Å². The number of rotatable bonds is 10. The molecule has 0 bridgehead atoms. The van der Waals surface area contributed by atoms with E-state index in [2.05, 4.69) is 15.3 Å². The van der Waals surface area contributed by atoms with Crippen LogP contribution in [0, 0.1) is 0 Å².